The van der Waals surface area contributed by atoms with Gasteiger partial charge in [0.2, 0.25) is 0 Å². The predicted octanol–water partition coefficient (Wildman–Crippen LogP) is 0.220. The summed E-state index contributed by atoms with van der Waals surface area (Å²) in [6.45, 7) is 0. The number of aldehydes is 1. The summed E-state index contributed by atoms with van der Waals surface area (Å²) in [5, 5.41) is 12.8. The lowest BCUT2D eigenvalue weighted by molar-refractivity contribution is -0.385. The smallest absolute Gasteiger partial charge is 0.273 e. The van der Waals surface area contributed by atoms with Gasteiger partial charge in [-0.05, 0) is 6.07 Å². The quantitative estimate of drug-likeness (QED) is 0.348. The molecule has 0 fully saturated rings. The number of rotatable bonds is 3. The van der Waals surface area contributed by atoms with E-state index in [-0.39, 0.29) is 28.8 Å². The van der Waals surface area contributed by atoms with Crippen molar-refractivity contribution < 1.29 is 19.3 Å². The van der Waals surface area contributed by atoms with Crippen LogP contribution in [0.25, 0.3) is 0 Å². The number of nitro benzene ring substituents is 1. The van der Waals surface area contributed by atoms with Gasteiger partial charge in [0.05, 0.1) is 16.1 Å². The molecule has 1 aliphatic heterocycles. The number of imide groups is 1. The number of nitrogens with zero attached hydrogens (tertiary/aromatic N) is 1. The van der Waals surface area contributed by atoms with Crippen molar-refractivity contribution in [3.63, 3.8) is 0 Å². The van der Waals surface area contributed by atoms with E-state index in [4.69, 9.17) is 0 Å². The molecule has 0 saturated carbocycles. The summed E-state index contributed by atoms with van der Waals surface area (Å²) in [7, 11) is 0. The van der Waals surface area contributed by atoms with Crippen LogP contribution >= 0.6 is 0 Å². The second kappa shape index (κ2) is 3.78. The van der Waals surface area contributed by atoms with Crippen LogP contribution < -0.4 is 5.32 Å². The van der Waals surface area contributed by atoms with Crippen LogP contribution in [0.15, 0.2) is 12.1 Å². The lowest BCUT2D eigenvalue weighted by atomic mass is 10.0. The van der Waals surface area contributed by atoms with Crippen LogP contribution in [0.4, 0.5) is 5.69 Å². The van der Waals surface area contributed by atoms with Gasteiger partial charge in [-0.2, -0.15) is 0 Å². The Kier molecular flexibility index (Phi) is 2.43. The minimum atomic E-state index is -0.685. The van der Waals surface area contributed by atoms with Gasteiger partial charge in [0, 0.05) is 18.1 Å². The minimum Gasteiger partial charge on any atom is -0.303 e. The van der Waals surface area contributed by atoms with Crippen molar-refractivity contribution in [2.45, 2.75) is 6.42 Å². The molecule has 1 aliphatic rings. The summed E-state index contributed by atoms with van der Waals surface area (Å²) in [5.41, 5.74) is -0.178. The topological polar surface area (TPSA) is 106 Å². The predicted molar refractivity (Wildman–Crippen MR) is 54.7 cm³/mol. The Morgan fingerprint density at radius 2 is 1.82 bits per heavy atom. The van der Waals surface area contributed by atoms with Gasteiger partial charge < -0.3 is 4.79 Å². The first-order chi connectivity index (χ1) is 8.04. The van der Waals surface area contributed by atoms with Gasteiger partial charge in [0.15, 0.2) is 0 Å². The van der Waals surface area contributed by atoms with E-state index in [9.17, 15) is 24.5 Å². The molecular formula is C10H6N2O5. The van der Waals surface area contributed by atoms with Gasteiger partial charge in [0.25, 0.3) is 17.5 Å². The fourth-order valence-electron chi connectivity index (χ4n) is 1.67. The molecule has 7 nitrogen and oxygen atoms in total. The van der Waals surface area contributed by atoms with Gasteiger partial charge in [-0.1, -0.05) is 0 Å². The Morgan fingerprint density at radius 1 is 1.24 bits per heavy atom. The molecule has 17 heavy (non-hydrogen) atoms. The second-order valence-corrected chi connectivity index (χ2v) is 3.44. The summed E-state index contributed by atoms with van der Waals surface area (Å²) >= 11 is 0. The highest BCUT2D eigenvalue weighted by atomic mass is 16.6. The van der Waals surface area contributed by atoms with Crippen LogP contribution in [0, 0.1) is 10.1 Å². The average Bonchev–Trinajstić information content (AvgIpc) is 2.54. The third-order valence-electron chi connectivity index (χ3n) is 2.44. The maximum Gasteiger partial charge on any atom is 0.273 e. The molecule has 1 aromatic rings. The van der Waals surface area contributed by atoms with Crippen molar-refractivity contribution in [3.05, 3.63) is 38.9 Å². The number of nitro groups is 1. The maximum absolute atomic E-state index is 11.3. The molecule has 1 aromatic carbocycles. The molecule has 0 saturated heterocycles. The number of amides is 2. The van der Waals surface area contributed by atoms with Crippen LogP contribution in [0.3, 0.4) is 0 Å². The van der Waals surface area contributed by atoms with Gasteiger partial charge in [-0.25, -0.2) is 0 Å². The number of benzene rings is 1. The summed E-state index contributed by atoms with van der Waals surface area (Å²) < 4.78 is 0. The van der Waals surface area contributed by atoms with E-state index in [1.807, 2.05) is 5.32 Å². The lowest BCUT2D eigenvalue weighted by Gasteiger charge is -2.01. The lowest BCUT2D eigenvalue weighted by Crippen LogP contribution is -2.19. The molecule has 0 radical (unpaired) electrons. The maximum atomic E-state index is 11.3. The van der Waals surface area contributed by atoms with Gasteiger partial charge in [-0.3, -0.25) is 25.0 Å². The summed E-state index contributed by atoms with van der Waals surface area (Å²) in [4.78, 5) is 43.1. The van der Waals surface area contributed by atoms with Crippen LogP contribution in [0.1, 0.15) is 26.3 Å². The molecule has 0 bridgehead atoms. The molecule has 0 aromatic heterocycles. The van der Waals surface area contributed by atoms with Crippen molar-refractivity contribution in [1.29, 1.82) is 0 Å². The normalized spacial score (nSPS) is 13.2. The number of carbonyl (C=O) groups excluding carboxylic acids is 3. The Hall–Kier alpha value is -2.57. The zero-order valence-electron chi connectivity index (χ0n) is 8.43. The Morgan fingerprint density at radius 3 is 2.35 bits per heavy atom. The van der Waals surface area contributed by atoms with Crippen LogP contribution in [0.2, 0.25) is 0 Å². The SMILES string of the molecule is O=CCc1cc2c(cc1[N+](=O)[O-])C(=O)NC2=O. The van der Waals surface area contributed by atoms with E-state index < -0.39 is 16.7 Å². The minimum absolute atomic E-state index is 0.0312. The van der Waals surface area contributed by atoms with Crippen molar-refractivity contribution in [3.8, 4) is 0 Å². The number of nitrogens with one attached hydrogen (secondary N) is 1. The molecule has 1 heterocycles. The van der Waals surface area contributed by atoms with Crippen molar-refractivity contribution >= 4 is 23.8 Å². The van der Waals surface area contributed by atoms with Crippen molar-refractivity contribution in [2.24, 2.45) is 0 Å². The van der Waals surface area contributed by atoms with Crippen LogP contribution in [0.5, 0.6) is 0 Å². The van der Waals surface area contributed by atoms with Gasteiger partial charge in [-0.15, -0.1) is 0 Å². The second-order valence-electron chi connectivity index (χ2n) is 3.44. The van der Waals surface area contributed by atoms with E-state index in [0.717, 1.165) is 6.07 Å². The third-order valence-corrected chi connectivity index (χ3v) is 2.44. The molecule has 86 valence electrons. The molecule has 0 atom stereocenters. The van der Waals surface area contributed by atoms with Crippen LogP contribution in [-0.2, 0) is 11.2 Å². The first kappa shape index (κ1) is 10.9. The molecule has 0 unspecified atom stereocenters. The molecule has 2 rings (SSSR count). The molecule has 1 N–H and O–H groups in total. The molecule has 0 spiro atoms. The van der Waals surface area contributed by atoms with Crippen molar-refractivity contribution in [2.75, 3.05) is 0 Å². The highest BCUT2D eigenvalue weighted by molar-refractivity contribution is 6.21. The monoisotopic (exact) mass is 234 g/mol. The molecule has 7 heteroatoms. The zero-order valence-corrected chi connectivity index (χ0v) is 8.43. The summed E-state index contributed by atoms with van der Waals surface area (Å²) in [6.07, 6.45) is 0.328. The first-order valence-corrected chi connectivity index (χ1v) is 4.65. The fraction of sp³-hybridized carbons (Fsp3) is 0.100. The number of hydrogen-bond acceptors (Lipinski definition) is 5. The standard InChI is InChI=1S/C10H6N2O5/c13-2-1-5-3-6-7(4-8(5)12(16)17)10(15)11-9(6)14/h2-4H,1H2,(H,11,14,15). The summed E-state index contributed by atoms with van der Waals surface area (Å²) in [6, 6.07) is 2.23. The largest absolute Gasteiger partial charge is 0.303 e. The first-order valence-electron chi connectivity index (χ1n) is 4.65. The van der Waals surface area contributed by atoms with Gasteiger partial charge in [0.1, 0.15) is 6.29 Å². The number of carbonyl (C=O) groups is 3. The van der Waals surface area contributed by atoms with E-state index in [1.165, 1.54) is 6.07 Å². The van der Waals surface area contributed by atoms with E-state index >= 15 is 0 Å². The third kappa shape index (κ3) is 1.67. The van der Waals surface area contributed by atoms with E-state index in [2.05, 4.69) is 0 Å². The van der Waals surface area contributed by atoms with E-state index in [1.54, 1.807) is 0 Å². The number of fused-ring (bicyclic) bond motifs is 1. The van der Waals surface area contributed by atoms with E-state index in [0.29, 0.717) is 6.29 Å². The zero-order chi connectivity index (χ0) is 12.6. The van der Waals surface area contributed by atoms with Crippen molar-refractivity contribution in [1.82, 2.24) is 5.32 Å². The average molecular weight is 234 g/mol. The highest BCUT2D eigenvalue weighted by Gasteiger charge is 2.30. The van der Waals surface area contributed by atoms with Crippen LogP contribution in [-0.4, -0.2) is 23.0 Å². The Balaban J connectivity index is 2.66. The molecular weight excluding hydrogens is 228 g/mol. The molecule has 0 aliphatic carbocycles. The summed E-state index contributed by atoms with van der Waals surface area (Å²) in [5.74, 6) is -1.27. The number of hydrogen-bond donors (Lipinski definition) is 1. The molecule has 2 amide bonds. The fourth-order valence-corrected chi connectivity index (χ4v) is 1.67. The van der Waals surface area contributed by atoms with Gasteiger partial charge >= 0.3 is 0 Å². The Bertz CT molecular complexity index is 564. The Labute approximate surface area is 94.6 Å². The highest BCUT2D eigenvalue weighted by Crippen LogP contribution is 2.26.